The Morgan fingerprint density at radius 2 is 1.88 bits per heavy atom. The lowest BCUT2D eigenvalue weighted by Crippen LogP contribution is -2.03. The second-order valence-electron chi connectivity index (χ2n) is 3.89. The number of nitrogen functional groups attached to an aromatic ring is 2. The minimum absolute atomic E-state index is 0.337. The van der Waals surface area contributed by atoms with Crippen LogP contribution in [-0.4, -0.2) is 11.6 Å². The van der Waals surface area contributed by atoms with Crippen LogP contribution in [0.4, 0.5) is 11.5 Å². The predicted octanol–water partition coefficient (Wildman–Crippen LogP) is 2.60. The molecule has 0 aliphatic rings. The minimum atomic E-state index is 0.337. The lowest BCUT2D eigenvalue weighted by Gasteiger charge is -2.06. The Morgan fingerprint density at radius 3 is 2.56 bits per heavy atom. The van der Waals surface area contributed by atoms with Gasteiger partial charge in [-0.3, -0.25) is 0 Å². The number of aromatic nitrogens is 1. The molecule has 4 heteroatoms. The highest BCUT2D eigenvalue weighted by atomic mass is 16.5. The van der Waals surface area contributed by atoms with Crippen molar-refractivity contribution >= 4 is 11.5 Å². The largest absolute Gasteiger partial charge is 0.478 e. The minimum Gasteiger partial charge on any atom is -0.478 e. The first-order chi connectivity index (χ1) is 7.74. The van der Waals surface area contributed by atoms with Gasteiger partial charge < -0.3 is 16.2 Å². The first kappa shape index (κ1) is 12.6. The van der Waals surface area contributed by atoms with Gasteiger partial charge in [-0.1, -0.05) is 32.6 Å². The highest BCUT2D eigenvalue weighted by molar-refractivity contribution is 5.58. The highest BCUT2D eigenvalue weighted by Gasteiger charge is 1.99. The maximum Gasteiger partial charge on any atom is 0.215 e. The van der Waals surface area contributed by atoms with E-state index in [0.717, 1.165) is 6.42 Å². The SMILES string of the molecule is CCCCCCCOc1ccc(N)c(N)n1. The number of pyridine rings is 1. The average Bonchev–Trinajstić information content (AvgIpc) is 2.28. The van der Waals surface area contributed by atoms with E-state index < -0.39 is 0 Å². The Kier molecular flexibility index (Phi) is 5.46. The molecule has 0 aromatic carbocycles. The van der Waals surface area contributed by atoms with E-state index in [0.29, 0.717) is 24.0 Å². The summed E-state index contributed by atoms with van der Waals surface area (Å²) in [4.78, 5) is 4.04. The van der Waals surface area contributed by atoms with Crippen molar-refractivity contribution < 1.29 is 4.74 Å². The fourth-order valence-corrected chi connectivity index (χ4v) is 1.43. The quantitative estimate of drug-likeness (QED) is 0.697. The van der Waals surface area contributed by atoms with E-state index in [-0.39, 0.29) is 0 Å². The highest BCUT2D eigenvalue weighted by Crippen LogP contribution is 2.16. The number of rotatable bonds is 7. The van der Waals surface area contributed by atoms with Crippen molar-refractivity contribution in [1.82, 2.24) is 4.98 Å². The van der Waals surface area contributed by atoms with E-state index in [1.54, 1.807) is 12.1 Å². The van der Waals surface area contributed by atoms with Gasteiger partial charge in [0.2, 0.25) is 5.88 Å². The Balaban J connectivity index is 2.19. The predicted molar refractivity (Wildman–Crippen MR) is 67.3 cm³/mol. The first-order valence-electron chi connectivity index (χ1n) is 5.89. The van der Waals surface area contributed by atoms with E-state index >= 15 is 0 Å². The third-order valence-corrected chi connectivity index (χ3v) is 2.43. The Labute approximate surface area is 97.0 Å². The summed E-state index contributed by atoms with van der Waals surface area (Å²) in [5, 5.41) is 0. The van der Waals surface area contributed by atoms with Gasteiger partial charge in [-0.2, -0.15) is 4.98 Å². The average molecular weight is 223 g/mol. The number of hydrogen-bond acceptors (Lipinski definition) is 4. The van der Waals surface area contributed by atoms with Gasteiger partial charge in [0.1, 0.15) is 0 Å². The van der Waals surface area contributed by atoms with Gasteiger partial charge in [-0.25, -0.2) is 0 Å². The van der Waals surface area contributed by atoms with Crippen LogP contribution >= 0.6 is 0 Å². The normalized spacial score (nSPS) is 10.3. The van der Waals surface area contributed by atoms with E-state index in [4.69, 9.17) is 16.2 Å². The summed E-state index contributed by atoms with van der Waals surface area (Å²) in [5.74, 6) is 0.894. The number of nitrogens with zero attached hydrogens (tertiary/aromatic N) is 1. The molecule has 0 aliphatic heterocycles. The van der Waals surface area contributed by atoms with Crippen molar-refractivity contribution in [2.24, 2.45) is 0 Å². The fraction of sp³-hybridized carbons (Fsp3) is 0.583. The number of unbranched alkanes of at least 4 members (excludes halogenated alkanes) is 4. The van der Waals surface area contributed by atoms with Gasteiger partial charge in [0.05, 0.1) is 12.3 Å². The summed E-state index contributed by atoms with van der Waals surface area (Å²) in [5.41, 5.74) is 11.6. The number of nitrogens with two attached hydrogens (primary N) is 2. The molecule has 0 saturated heterocycles. The fourth-order valence-electron chi connectivity index (χ4n) is 1.43. The second kappa shape index (κ2) is 6.93. The molecule has 0 amide bonds. The topological polar surface area (TPSA) is 74.2 Å². The van der Waals surface area contributed by atoms with Gasteiger partial charge in [-0.05, 0) is 12.5 Å². The Hall–Kier alpha value is -1.45. The lowest BCUT2D eigenvalue weighted by atomic mass is 10.2. The molecule has 1 heterocycles. The molecule has 90 valence electrons. The van der Waals surface area contributed by atoms with Crippen molar-refractivity contribution in [2.75, 3.05) is 18.1 Å². The van der Waals surface area contributed by atoms with Crippen LogP contribution in [0.15, 0.2) is 12.1 Å². The van der Waals surface area contributed by atoms with Crippen LogP contribution < -0.4 is 16.2 Å². The van der Waals surface area contributed by atoms with Gasteiger partial charge in [0.25, 0.3) is 0 Å². The van der Waals surface area contributed by atoms with Gasteiger partial charge in [0, 0.05) is 6.07 Å². The zero-order valence-electron chi connectivity index (χ0n) is 9.91. The summed E-state index contributed by atoms with van der Waals surface area (Å²) in [6, 6.07) is 3.46. The molecule has 4 nitrogen and oxygen atoms in total. The standard InChI is InChI=1S/C12H21N3O/c1-2-3-4-5-6-9-16-11-8-7-10(13)12(14)15-11/h7-8H,2-6,9,13H2,1H3,(H2,14,15). The molecule has 0 fully saturated rings. The van der Waals surface area contributed by atoms with Gasteiger partial charge >= 0.3 is 0 Å². The van der Waals surface area contributed by atoms with E-state index in [1.807, 2.05) is 0 Å². The maximum atomic E-state index is 5.57. The molecule has 4 N–H and O–H groups in total. The van der Waals surface area contributed by atoms with Gasteiger partial charge in [0.15, 0.2) is 5.82 Å². The molecular formula is C12H21N3O. The lowest BCUT2D eigenvalue weighted by molar-refractivity contribution is 0.294. The molecule has 0 spiro atoms. The molecule has 1 aromatic rings. The first-order valence-corrected chi connectivity index (χ1v) is 5.89. The van der Waals surface area contributed by atoms with E-state index in [9.17, 15) is 0 Å². The smallest absolute Gasteiger partial charge is 0.215 e. The molecule has 0 bridgehead atoms. The molecule has 1 rings (SSSR count). The number of anilines is 2. The van der Waals surface area contributed by atoms with Crippen LogP contribution in [0.5, 0.6) is 5.88 Å². The van der Waals surface area contributed by atoms with E-state index in [1.165, 1.54) is 25.7 Å². The molecular weight excluding hydrogens is 202 g/mol. The zero-order chi connectivity index (χ0) is 11.8. The van der Waals surface area contributed by atoms with Crippen LogP contribution in [0.2, 0.25) is 0 Å². The van der Waals surface area contributed by atoms with Crippen LogP contribution in [0.1, 0.15) is 39.0 Å². The molecule has 16 heavy (non-hydrogen) atoms. The second-order valence-corrected chi connectivity index (χ2v) is 3.89. The zero-order valence-corrected chi connectivity index (χ0v) is 9.91. The van der Waals surface area contributed by atoms with Crippen molar-refractivity contribution in [3.05, 3.63) is 12.1 Å². The molecule has 0 unspecified atom stereocenters. The van der Waals surface area contributed by atoms with Crippen molar-refractivity contribution in [3.8, 4) is 5.88 Å². The summed E-state index contributed by atoms with van der Waals surface area (Å²) < 4.78 is 5.48. The molecule has 1 aromatic heterocycles. The molecule has 0 radical (unpaired) electrons. The van der Waals surface area contributed by atoms with Crippen LogP contribution in [0.3, 0.4) is 0 Å². The monoisotopic (exact) mass is 223 g/mol. The Bertz CT molecular complexity index is 315. The summed E-state index contributed by atoms with van der Waals surface area (Å²) in [6.07, 6.45) is 6.10. The van der Waals surface area contributed by atoms with Crippen molar-refractivity contribution in [2.45, 2.75) is 39.0 Å². The van der Waals surface area contributed by atoms with Crippen LogP contribution in [0.25, 0.3) is 0 Å². The van der Waals surface area contributed by atoms with E-state index in [2.05, 4.69) is 11.9 Å². The maximum absolute atomic E-state index is 5.57. The third kappa shape index (κ3) is 4.38. The molecule has 0 atom stereocenters. The van der Waals surface area contributed by atoms with Crippen molar-refractivity contribution in [3.63, 3.8) is 0 Å². The molecule has 0 saturated carbocycles. The van der Waals surface area contributed by atoms with Crippen LogP contribution in [0, 0.1) is 0 Å². The Morgan fingerprint density at radius 1 is 1.12 bits per heavy atom. The molecule has 0 aliphatic carbocycles. The number of ether oxygens (including phenoxy) is 1. The third-order valence-electron chi connectivity index (χ3n) is 2.43. The van der Waals surface area contributed by atoms with Crippen molar-refractivity contribution in [1.29, 1.82) is 0 Å². The summed E-state index contributed by atoms with van der Waals surface area (Å²) in [7, 11) is 0. The summed E-state index contributed by atoms with van der Waals surface area (Å²) in [6.45, 7) is 2.90. The number of hydrogen-bond donors (Lipinski definition) is 2. The van der Waals surface area contributed by atoms with Crippen LogP contribution in [-0.2, 0) is 0 Å². The summed E-state index contributed by atoms with van der Waals surface area (Å²) >= 11 is 0. The van der Waals surface area contributed by atoms with Gasteiger partial charge in [-0.15, -0.1) is 0 Å².